The summed E-state index contributed by atoms with van der Waals surface area (Å²) >= 11 is 1.85. The molecule has 0 nitrogen and oxygen atoms in total. The number of fused-ring (bicyclic) bond motifs is 2. The van der Waals surface area contributed by atoms with Gasteiger partial charge in [-0.1, -0.05) is 42.1 Å². The van der Waals surface area contributed by atoms with Crippen molar-refractivity contribution in [2.75, 3.05) is 0 Å². The quantitative estimate of drug-likeness (QED) is 0.531. The number of hydrogen-bond acceptors (Lipinski definition) is 1. The lowest BCUT2D eigenvalue weighted by Gasteiger charge is -2.17. The molecule has 67 valence electrons. The van der Waals surface area contributed by atoms with Gasteiger partial charge in [-0.2, -0.15) is 0 Å². The van der Waals surface area contributed by atoms with Crippen molar-refractivity contribution in [3.8, 4) is 0 Å². The van der Waals surface area contributed by atoms with Crippen LogP contribution in [-0.2, 0) is 6.42 Å². The molecule has 1 aliphatic rings. The van der Waals surface area contributed by atoms with Gasteiger partial charge in [0.25, 0.3) is 0 Å². The van der Waals surface area contributed by atoms with Gasteiger partial charge in [-0.25, -0.2) is 0 Å². The molecule has 1 radical (unpaired) electrons. The van der Waals surface area contributed by atoms with Crippen LogP contribution in [0, 0.1) is 6.07 Å². The van der Waals surface area contributed by atoms with Gasteiger partial charge in [0.05, 0.1) is 0 Å². The fraction of sp³-hybridized carbons (Fsp3) is 0.0769. The Balaban J connectivity index is 2.12. The van der Waals surface area contributed by atoms with Crippen molar-refractivity contribution >= 4 is 11.8 Å². The molecular weight excluding hydrogens is 188 g/mol. The van der Waals surface area contributed by atoms with E-state index in [0.717, 1.165) is 6.42 Å². The third-order valence-corrected chi connectivity index (χ3v) is 3.68. The van der Waals surface area contributed by atoms with Crippen LogP contribution in [0.1, 0.15) is 11.1 Å². The summed E-state index contributed by atoms with van der Waals surface area (Å²) < 4.78 is 0. The second-order valence-electron chi connectivity index (χ2n) is 3.40. The van der Waals surface area contributed by atoms with Crippen molar-refractivity contribution in [1.29, 1.82) is 0 Å². The first-order valence-electron chi connectivity index (χ1n) is 4.69. The lowest BCUT2D eigenvalue weighted by molar-refractivity contribution is 1.05. The van der Waals surface area contributed by atoms with Crippen LogP contribution in [-0.4, -0.2) is 0 Å². The minimum atomic E-state index is 1.03. The summed E-state index contributed by atoms with van der Waals surface area (Å²) in [6.07, 6.45) is 1.03. The molecule has 1 aliphatic heterocycles. The monoisotopic (exact) mass is 197 g/mol. The molecule has 0 spiro atoms. The lowest BCUT2D eigenvalue weighted by atomic mass is 10.0. The standard InChI is InChI=1S/C13H9S/c1-3-7-12-10(5-1)9-11-6-2-4-8-13(11)14-12/h1-5,7-8H,9H2. The van der Waals surface area contributed by atoms with Gasteiger partial charge in [-0.05, 0) is 29.3 Å². The third-order valence-electron chi connectivity index (χ3n) is 2.46. The Labute approximate surface area is 88.0 Å². The van der Waals surface area contributed by atoms with Crippen LogP contribution in [0.25, 0.3) is 0 Å². The zero-order valence-electron chi connectivity index (χ0n) is 7.66. The molecule has 0 aliphatic carbocycles. The predicted molar refractivity (Wildman–Crippen MR) is 58.6 cm³/mol. The van der Waals surface area contributed by atoms with Crippen molar-refractivity contribution in [3.63, 3.8) is 0 Å². The van der Waals surface area contributed by atoms with Crippen molar-refractivity contribution in [2.24, 2.45) is 0 Å². The van der Waals surface area contributed by atoms with Crippen LogP contribution in [0.5, 0.6) is 0 Å². The highest BCUT2D eigenvalue weighted by molar-refractivity contribution is 7.99. The van der Waals surface area contributed by atoms with Gasteiger partial charge in [0, 0.05) is 16.2 Å². The topological polar surface area (TPSA) is 0 Å². The summed E-state index contributed by atoms with van der Waals surface area (Å²) in [6.45, 7) is 0. The summed E-state index contributed by atoms with van der Waals surface area (Å²) in [5, 5.41) is 0. The van der Waals surface area contributed by atoms with Crippen molar-refractivity contribution in [1.82, 2.24) is 0 Å². The highest BCUT2D eigenvalue weighted by Gasteiger charge is 2.14. The smallest absolute Gasteiger partial charge is 0.0164 e. The normalized spacial score (nSPS) is 13.1. The molecule has 2 aromatic rings. The zero-order valence-corrected chi connectivity index (χ0v) is 8.47. The minimum absolute atomic E-state index is 1.03. The second kappa shape index (κ2) is 3.18. The molecule has 0 N–H and O–H groups in total. The van der Waals surface area contributed by atoms with Crippen LogP contribution in [0.4, 0.5) is 0 Å². The molecule has 0 fully saturated rings. The van der Waals surface area contributed by atoms with Crippen molar-refractivity contribution in [2.45, 2.75) is 16.2 Å². The van der Waals surface area contributed by atoms with E-state index in [0.29, 0.717) is 0 Å². The maximum atomic E-state index is 3.31. The largest absolute Gasteiger partial charge is 0.0895 e. The van der Waals surface area contributed by atoms with Gasteiger partial charge in [-0.3, -0.25) is 0 Å². The highest BCUT2D eigenvalue weighted by Crippen LogP contribution is 2.38. The SMILES string of the molecule is [c]1cccc2c1Cc1ccccc1S2. The Kier molecular flexibility index (Phi) is 1.84. The van der Waals surface area contributed by atoms with Gasteiger partial charge >= 0.3 is 0 Å². The molecule has 14 heavy (non-hydrogen) atoms. The molecule has 0 amide bonds. The number of benzene rings is 2. The van der Waals surface area contributed by atoms with E-state index in [1.54, 1.807) is 0 Å². The Hall–Kier alpha value is -1.21. The van der Waals surface area contributed by atoms with E-state index in [4.69, 9.17) is 0 Å². The molecule has 0 bridgehead atoms. The van der Waals surface area contributed by atoms with Crippen LogP contribution < -0.4 is 0 Å². The van der Waals surface area contributed by atoms with Crippen LogP contribution in [0.15, 0.2) is 52.3 Å². The second-order valence-corrected chi connectivity index (χ2v) is 4.48. The van der Waals surface area contributed by atoms with Gasteiger partial charge in [0.2, 0.25) is 0 Å². The third kappa shape index (κ3) is 1.25. The Morgan fingerprint density at radius 3 is 2.86 bits per heavy atom. The first-order chi connectivity index (χ1) is 6.93. The summed E-state index contributed by atoms with van der Waals surface area (Å²) in [6, 6.07) is 18.1. The molecule has 0 saturated heterocycles. The molecular formula is C13H9S. The van der Waals surface area contributed by atoms with E-state index in [1.165, 1.54) is 20.9 Å². The van der Waals surface area contributed by atoms with Gasteiger partial charge < -0.3 is 0 Å². The highest BCUT2D eigenvalue weighted by atomic mass is 32.2. The van der Waals surface area contributed by atoms with E-state index in [-0.39, 0.29) is 0 Å². The fourth-order valence-corrected chi connectivity index (χ4v) is 2.80. The van der Waals surface area contributed by atoms with E-state index in [1.807, 2.05) is 17.8 Å². The maximum Gasteiger partial charge on any atom is 0.0164 e. The summed E-state index contributed by atoms with van der Waals surface area (Å²) in [5.41, 5.74) is 2.75. The van der Waals surface area contributed by atoms with E-state index < -0.39 is 0 Å². The lowest BCUT2D eigenvalue weighted by Crippen LogP contribution is -1.98. The van der Waals surface area contributed by atoms with E-state index in [2.05, 4.69) is 42.5 Å². The van der Waals surface area contributed by atoms with Gasteiger partial charge in [0.15, 0.2) is 0 Å². The molecule has 0 saturated carbocycles. The Bertz CT molecular complexity index is 387. The van der Waals surface area contributed by atoms with Crippen LogP contribution in [0.3, 0.4) is 0 Å². The molecule has 3 rings (SSSR count). The first-order valence-corrected chi connectivity index (χ1v) is 5.50. The maximum absolute atomic E-state index is 3.31. The first kappa shape index (κ1) is 8.13. The molecule has 0 unspecified atom stereocenters. The predicted octanol–water partition coefficient (Wildman–Crippen LogP) is 3.54. The van der Waals surface area contributed by atoms with E-state index in [9.17, 15) is 0 Å². The van der Waals surface area contributed by atoms with Crippen molar-refractivity contribution < 1.29 is 0 Å². The number of rotatable bonds is 0. The minimum Gasteiger partial charge on any atom is -0.0895 e. The molecule has 0 aromatic heterocycles. The molecule has 2 aromatic carbocycles. The summed E-state index contributed by atoms with van der Waals surface area (Å²) in [4.78, 5) is 2.74. The average Bonchev–Trinajstić information content (AvgIpc) is 2.26. The van der Waals surface area contributed by atoms with Crippen molar-refractivity contribution in [3.05, 3.63) is 59.7 Å². The summed E-state index contributed by atoms with van der Waals surface area (Å²) in [7, 11) is 0. The fourth-order valence-electron chi connectivity index (χ4n) is 1.75. The van der Waals surface area contributed by atoms with Gasteiger partial charge in [0.1, 0.15) is 0 Å². The summed E-state index contributed by atoms with van der Waals surface area (Å²) in [5.74, 6) is 0. The van der Waals surface area contributed by atoms with Gasteiger partial charge in [-0.15, -0.1) is 0 Å². The van der Waals surface area contributed by atoms with Crippen LogP contribution in [0.2, 0.25) is 0 Å². The molecule has 0 atom stereocenters. The Morgan fingerprint density at radius 2 is 1.86 bits per heavy atom. The molecule has 1 heteroatoms. The number of hydrogen-bond donors (Lipinski definition) is 0. The van der Waals surface area contributed by atoms with Crippen LogP contribution >= 0.6 is 11.8 Å². The molecule has 1 heterocycles. The average molecular weight is 197 g/mol. The Morgan fingerprint density at radius 1 is 1.00 bits per heavy atom. The van der Waals surface area contributed by atoms with E-state index >= 15 is 0 Å². The zero-order chi connectivity index (χ0) is 9.38.